The number of aromatic nitrogens is 1. The Morgan fingerprint density at radius 1 is 1.60 bits per heavy atom. The van der Waals surface area contributed by atoms with Gasteiger partial charge in [0.1, 0.15) is 0 Å². The third-order valence-corrected chi connectivity index (χ3v) is 2.12. The van der Waals surface area contributed by atoms with E-state index >= 15 is 0 Å². The standard InChI is InChI=1S/C9H8ClF2NO2/c1-4-3-5(8(11)12)6(10)7(13-4)9(14)15-2/h3,8H,1-2H3. The lowest BCUT2D eigenvalue weighted by Gasteiger charge is -2.08. The van der Waals surface area contributed by atoms with Gasteiger partial charge in [0.05, 0.1) is 12.1 Å². The average molecular weight is 236 g/mol. The van der Waals surface area contributed by atoms with Crippen molar-refractivity contribution < 1.29 is 18.3 Å². The van der Waals surface area contributed by atoms with Crippen molar-refractivity contribution in [3.63, 3.8) is 0 Å². The molecule has 0 aromatic carbocycles. The van der Waals surface area contributed by atoms with Crippen molar-refractivity contribution in [1.82, 2.24) is 4.98 Å². The Labute approximate surface area is 90.0 Å². The maximum atomic E-state index is 12.5. The number of nitrogens with zero attached hydrogens (tertiary/aromatic N) is 1. The predicted molar refractivity (Wildman–Crippen MR) is 50.3 cm³/mol. The van der Waals surface area contributed by atoms with Crippen LogP contribution in [0.5, 0.6) is 0 Å². The van der Waals surface area contributed by atoms with Crippen molar-refractivity contribution in [2.24, 2.45) is 0 Å². The smallest absolute Gasteiger partial charge is 0.358 e. The van der Waals surface area contributed by atoms with Crippen LogP contribution in [0.1, 0.15) is 28.2 Å². The van der Waals surface area contributed by atoms with E-state index in [9.17, 15) is 13.6 Å². The number of hydrogen-bond acceptors (Lipinski definition) is 3. The molecule has 1 aromatic rings. The van der Waals surface area contributed by atoms with Crippen LogP contribution in [0.4, 0.5) is 8.78 Å². The monoisotopic (exact) mass is 235 g/mol. The van der Waals surface area contributed by atoms with Gasteiger partial charge in [-0.05, 0) is 13.0 Å². The van der Waals surface area contributed by atoms with Crippen LogP contribution in [0.2, 0.25) is 5.02 Å². The highest BCUT2D eigenvalue weighted by Crippen LogP contribution is 2.29. The fraction of sp³-hybridized carbons (Fsp3) is 0.333. The molecule has 15 heavy (non-hydrogen) atoms. The summed E-state index contributed by atoms with van der Waals surface area (Å²) in [5, 5.41) is -0.359. The number of aryl methyl sites for hydroxylation is 1. The summed E-state index contributed by atoms with van der Waals surface area (Å²) in [5.74, 6) is -0.828. The summed E-state index contributed by atoms with van der Waals surface area (Å²) in [6.07, 6.45) is -2.75. The molecule has 6 heteroatoms. The molecule has 0 aliphatic carbocycles. The molecule has 0 N–H and O–H groups in total. The molecule has 0 aliphatic rings. The largest absolute Gasteiger partial charge is 0.464 e. The third-order valence-electron chi connectivity index (χ3n) is 1.73. The average Bonchev–Trinajstić information content (AvgIpc) is 2.19. The SMILES string of the molecule is COC(=O)c1nc(C)cc(C(F)F)c1Cl. The first kappa shape index (κ1) is 11.8. The number of carbonyl (C=O) groups is 1. The number of halogens is 3. The number of alkyl halides is 2. The van der Waals surface area contributed by atoms with Crippen LogP contribution in [-0.4, -0.2) is 18.1 Å². The Morgan fingerprint density at radius 2 is 2.20 bits per heavy atom. The first-order chi connectivity index (χ1) is 6.97. The highest BCUT2D eigenvalue weighted by Gasteiger charge is 2.21. The van der Waals surface area contributed by atoms with Crippen LogP contribution >= 0.6 is 11.6 Å². The van der Waals surface area contributed by atoms with Gasteiger partial charge in [-0.15, -0.1) is 0 Å². The minimum absolute atomic E-state index is 0.283. The Balaban J connectivity index is 3.34. The molecule has 0 amide bonds. The first-order valence-corrected chi connectivity index (χ1v) is 4.38. The highest BCUT2D eigenvalue weighted by molar-refractivity contribution is 6.34. The number of carbonyl (C=O) groups excluding carboxylic acids is 1. The van der Waals surface area contributed by atoms with Gasteiger partial charge in [0.25, 0.3) is 6.43 Å². The summed E-state index contributed by atoms with van der Waals surface area (Å²) in [6.45, 7) is 1.49. The van der Waals surface area contributed by atoms with E-state index in [1.54, 1.807) is 0 Å². The summed E-state index contributed by atoms with van der Waals surface area (Å²) in [4.78, 5) is 14.9. The quantitative estimate of drug-likeness (QED) is 0.740. The van der Waals surface area contributed by atoms with Crippen LogP contribution in [0, 0.1) is 6.92 Å². The van der Waals surface area contributed by atoms with Crippen molar-refractivity contribution in [3.8, 4) is 0 Å². The minimum Gasteiger partial charge on any atom is -0.464 e. The molecule has 1 aromatic heterocycles. The molecule has 0 radical (unpaired) electrons. The van der Waals surface area contributed by atoms with Gasteiger partial charge < -0.3 is 4.74 Å². The molecule has 1 heterocycles. The second-order valence-electron chi connectivity index (χ2n) is 2.81. The Bertz CT molecular complexity index is 396. The van der Waals surface area contributed by atoms with Crippen LogP contribution in [-0.2, 0) is 4.74 Å². The molecule has 0 unspecified atom stereocenters. The van der Waals surface area contributed by atoms with Gasteiger partial charge >= 0.3 is 5.97 Å². The van der Waals surface area contributed by atoms with E-state index in [2.05, 4.69) is 9.72 Å². The van der Waals surface area contributed by atoms with Gasteiger partial charge in [0.2, 0.25) is 0 Å². The van der Waals surface area contributed by atoms with E-state index in [1.807, 2.05) is 0 Å². The minimum atomic E-state index is -2.75. The zero-order valence-corrected chi connectivity index (χ0v) is 8.81. The van der Waals surface area contributed by atoms with Crippen LogP contribution in [0.25, 0.3) is 0 Å². The number of esters is 1. The molecule has 0 saturated carbocycles. The van der Waals surface area contributed by atoms with Crippen molar-refractivity contribution in [2.75, 3.05) is 7.11 Å². The predicted octanol–water partition coefficient (Wildman–Crippen LogP) is 2.77. The van der Waals surface area contributed by atoms with E-state index in [4.69, 9.17) is 11.6 Å². The molecule has 3 nitrogen and oxygen atoms in total. The summed E-state index contributed by atoms with van der Waals surface area (Å²) in [7, 11) is 1.13. The topological polar surface area (TPSA) is 39.2 Å². The Kier molecular flexibility index (Phi) is 3.57. The van der Waals surface area contributed by atoms with Crippen LogP contribution in [0.15, 0.2) is 6.07 Å². The second kappa shape index (κ2) is 4.53. The highest BCUT2D eigenvalue weighted by atomic mass is 35.5. The maximum Gasteiger partial charge on any atom is 0.358 e. The van der Waals surface area contributed by atoms with Crippen LogP contribution in [0.3, 0.4) is 0 Å². The van der Waals surface area contributed by atoms with Gasteiger partial charge in [-0.25, -0.2) is 18.6 Å². The zero-order chi connectivity index (χ0) is 11.6. The van der Waals surface area contributed by atoms with Gasteiger partial charge in [-0.1, -0.05) is 11.6 Å². The number of hydrogen-bond donors (Lipinski definition) is 0. The lowest BCUT2D eigenvalue weighted by Crippen LogP contribution is -2.08. The summed E-state index contributed by atoms with van der Waals surface area (Å²) < 4.78 is 29.4. The number of ether oxygens (including phenoxy) is 1. The fourth-order valence-corrected chi connectivity index (χ4v) is 1.33. The van der Waals surface area contributed by atoms with Crippen molar-refractivity contribution >= 4 is 17.6 Å². The molecular weight excluding hydrogens is 228 g/mol. The molecule has 0 atom stereocenters. The lowest BCUT2D eigenvalue weighted by molar-refractivity contribution is 0.0593. The number of pyridine rings is 1. The second-order valence-corrected chi connectivity index (χ2v) is 3.19. The third kappa shape index (κ3) is 2.41. The van der Waals surface area contributed by atoms with E-state index in [-0.39, 0.29) is 16.4 Å². The lowest BCUT2D eigenvalue weighted by atomic mass is 10.2. The van der Waals surface area contributed by atoms with Gasteiger partial charge in [-0.3, -0.25) is 0 Å². The Morgan fingerprint density at radius 3 is 2.67 bits per heavy atom. The fourth-order valence-electron chi connectivity index (χ4n) is 1.07. The molecule has 0 spiro atoms. The van der Waals surface area contributed by atoms with Gasteiger partial charge in [0, 0.05) is 11.3 Å². The van der Waals surface area contributed by atoms with Gasteiger partial charge in [-0.2, -0.15) is 0 Å². The van der Waals surface area contributed by atoms with Gasteiger partial charge in [0.15, 0.2) is 5.69 Å². The van der Waals surface area contributed by atoms with E-state index < -0.39 is 18.0 Å². The summed E-state index contributed by atoms with van der Waals surface area (Å²) in [5.41, 5.74) is -0.408. The molecule has 0 saturated heterocycles. The van der Waals surface area contributed by atoms with E-state index in [0.717, 1.165) is 13.2 Å². The zero-order valence-electron chi connectivity index (χ0n) is 8.05. The maximum absolute atomic E-state index is 12.5. The van der Waals surface area contributed by atoms with Crippen LogP contribution < -0.4 is 0 Å². The van der Waals surface area contributed by atoms with Crippen molar-refractivity contribution in [3.05, 3.63) is 28.0 Å². The molecule has 82 valence electrons. The molecule has 0 fully saturated rings. The molecule has 0 aliphatic heterocycles. The number of methoxy groups -OCH3 is 1. The van der Waals surface area contributed by atoms with Crippen molar-refractivity contribution in [2.45, 2.75) is 13.3 Å². The molecule has 0 bridgehead atoms. The normalized spacial score (nSPS) is 10.5. The Hall–Kier alpha value is -1.23. The van der Waals surface area contributed by atoms with Crippen molar-refractivity contribution in [1.29, 1.82) is 0 Å². The number of rotatable bonds is 2. The molecular formula is C9H8ClF2NO2. The first-order valence-electron chi connectivity index (χ1n) is 4.01. The summed E-state index contributed by atoms with van der Waals surface area (Å²) in [6, 6.07) is 1.14. The van der Waals surface area contributed by atoms with E-state index in [0.29, 0.717) is 0 Å². The molecule has 1 rings (SSSR count). The summed E-state index contributed by atoms with van der Waals surface area (Å²) >= 11 is 5.61. The van der Waals surface area contributed by atoms with E-state index in [1.165, 1.54) is 6.92 Å².